The van der Waals surface area contributed by atoms with E-state index in [2.05, 4.69) is 50.0 Å². The van der Waals surface area contributed by atoms with E-state index in [9.17, 15) is 0 Å². The third-order valence-corrected chi connectivity index (χ3v) is 5.22. The van der Waals surface area contributed by atoms with E-state index in [-0.39, 0.29) is 0 Å². The number of hydrogen-bond acceptors (Lipinski definition) is 4. The molecule has 5 nitrogen and oxygen atoms in total. The van der Waals surface area contributed by atoms with Gasteiger partial charge in [-0.25, -0.2) is 0 Å². The largest absolute Gasteiger partial charge is 0.497 e. The number of ether oxygens (including phenoxy) is 1. The van der Waals surface area contributed by atoms with Crippen LogP contribution in [0.1, 0.15) is 30.1 Å². The van der Waals surface area contributed by atoms with Gasteiger partial charge in [0, 0.05) is 19.5 Å². The summed E-state index contributed by atoms with van der Waals surface area (Å²) < 4.78 is 7.36. The fourth-order valence-electron chi connectivity index (χ4n) is 3.77. The molecule has 0 amide bonds. The van der Waals surface area contributed by atoms with Crippen LogP contribution >= 0.6 is 0 Å². The summed E-state index contributed by atoms with van der Waals surface area (Å²) in [5.41, 5.74) is 1.37. The van der Waals surface area contributed by atoms with Gasteiger partial charge in [0.1, 0.15) is 17.9 Å². The molecule has 1 saturated heterocycles. The zero-order valence-electron chi connectivity index (χ0n) is 14.9. The van der Waals surface area contributed by atoms with Gasteiger partial charge in [0.2, 0.25) is 0 Å². The van der Waals surface area contributed by atoms with Crippen LogP contribution in [-0.4, -0.2) is 39.9 Å². The molecule has 1 aromatic heterocycles. The Morgan fingerprint density at radius 1 is 1.08 bits per heavy atom. The normalized spacial score (nSPS) is 16.4. The van der Waals surface area contributed by atoms with E-state index in [1.54, 1.807) is 13.4 Å². The maximum absolute atomic E-state index is 5.30. The summed E-state index contributed by atoms with van der Waals surface area (Å²) in [5, 5.41) is 10.8. The van der Waals surface area contributed by atoms with E-state index in [4.69, 9.17) is 4.74 Å². The number of nitrogens with zero attached hydrogens (tertiary/aromatic N) is 4. The topological polar surface area (TPSA) is 43.2 Å². The van der Waals surface area contributed by atoms with Gasteiger partial charge in [-0.3, -0.25) is 4.90 Å². The Kier molecular flexibility index (Phi) is 4.40. The fourth-order valence-corrected chi connectivity index (χ4v) is 3.77. The third-order valence-electron chi connectivity index (χ3n) is 5.22. The Morgan fingerprint density at radius 2 is 1.84 bits per heavy atom. The number of piperidine rings is 1. The molecule has 0 N–H and O–H groups in total. The predicted molar refractivity (Wildman–Crippen MR) is 98.8 cm³/mol. The van der Waals surface area contributed by atoms with Gasteiger partial charge in [0.25, 0.3) is 0 Å². The summed E-state index contributed by atoms with van der Waals surface area (Å²) in [6.07, 6.45) is 4.10. The summed E-state index contributed by atoms with van der Waals surface area (Å²) in [7, 11) is 3.74. The van der Waals surface area contributed by atoms with E-state index in [0.717, 1.165) is 44.0 Å². The van der Waals surface area contributed by atoms with Crippen LogP contribution in [-0.2, 0) is 13.6 Å². The van der Waals surface area contributed by atoms with E-state index in [0.29, 0.717) is 5.92 Å². The molecule has 0 aliphatic carbocycles. The number of benzene rings is 2. The quantitative estimate of drug-likeness (QED) is 0.733. The molecule has 0 saturated carbocycles. The Bertz CT molecular complexity index is 865. The standard InChI is InChI=1S/C20H24N4O/c1-23-14-21-22-20(23)16-7-9-24(10-8-16)13-15-3-4-18-12-19(25-2)6-5-17(18)11-15/h3-6,11-12,14,16H,7-10,13H2,1-2H3. The highest BCUT2D eigenvalue weighted by Gasteiger charge is 2.23. The SMILES string of the molecule is COc1ccc2cc(CN3CCC(c4nncn4C)CC3)ccc2c1. The van der Waals surface area contributed by atoms with Gasteiger partial charge in [-0.15, -0.1) is 10.2 Å². The summed E-state index contributed by atoms with van der Waals surface area (Å²) in [5.74, 6) is 2.57. The van der Waals surface area contributed by atoms with Crippen molar-refractivity contribution in [2.75, 3.05) is 20.2 Å². The zero-order valence-corrected chi connectivity index (χ0v) is 14.9. The number of aryl methyl sites for hydroxylation is 1. The van der Waals surface area contributed by atoms with Crippen molar-refractivity contribution in [3.05, 3.63) is 54.1 Å². The van der Waals surface area contributed by atoms with Gasteiger partial charge in [0.05, 0.1) is 7.11 Å². The predicted octanol–water partition coefficient (Wildman–Crippen LogP) is 3.36. The lowest BCUT2D eigenvalue weighted by atomic mass is 9.95. The molecule has 4 rings (SSSR count). The van der Waals surface area contributed by atoms with Crippen molar-refractivity contribution < 1.29 is 4.74 Å². The number of fused-ring (bicyclic) bond motifs is 1. The van der Waals surface area contributed by atoms with Gasteiger partial charge in [-0.1, -0.05) is 18.2 Å². The molecule has 1 fully saturated rings. The lowest BCUT2D eigenvalue weighted by molar-refractivity contribution is 0.200. The van der Waals surface area contributed by atoms with Gasteiger partial charge in [-0.2, -0.15) is 0 Å². The molecule has 0 bridgehead atoms. The summed E-state index contributed by atoms with van der Waals surface area (Å²) >= 11 is 0. The highest BCUT2D eigenvalue weighted by atomic mass is 16.5. The third kappa shape index (κ3) is 3.37. The van der Waals surface area contributed by atoms with Crippen molar-refractivity contribution in [2.24, 2.45) is 7.05 Å². The first-order valence-corrected chi connectivity index (χ1v) is 8.86. The summed E-state index contributed by atoms with van der Waals surface area (Å²) in [4.78, 5) is 2.54. The Labute approximate surface area is 148 Å². The van der Waals surface area contributed by atoms with Gasteiger partial charge < -0.3 is 9.30 Å². The summed E-state index contributed by atoms with van der Waals surface area (Å²) in [6.45, 7) is 3.23. The molecular formula is C20H24N4O. The molecule has 0 radical (unpaired) electrons. The number of hydrogen-bond donors (Lipinski definition) is 0. The average molecular weight is 336 g/mol. The van der Waals surface area contributed by atoms with Crippen molar-refractivity contribution in [3.8, 4) is 5.75 Å². The van der Waals surface area contributed by atoms with Crippen LogP contribution in [0.25, 0.3) is 10.8 Å². The second-order valence-corrected chi connectivity index (χ2v) is 6.90. The summed E-state index contributed by atoms with van der Waals surface area (Å²) in [6, 6.07) is 13.0. The molecule has 25 heavy (non-hydrogen) atoms. The van der Waals surface area contributed by atoms with Gasteiger partial charge in [-0.05, 0) is 60.5 Å². The first-order valence-electron chi connectivity index (χ1n) is 8.86. The molecule has 1 aliphatic rings. The highest BCUT2D eigenvalue weighted by molar-refractivity contribution is 5.84. The molecule has 0 unspecified atom stereocenters. The van der Waals surface area contributed by atoms with Crippen LogP contribution in [0.15, 0.2) is 42.7 Å². The van der Waals surface area contributed by atoms with Crippen LogP contribution in [0.5, 0.6) is 5.75 Å². The van der Waals surface area contributed by atoms with Crippen LogP contribution in [0.3, 0.4) is 0 Å². The van der Waals surface area contributed by atoms with Gasteiger partial charge in [0.15, 0.2) is 0 Å². The second kappa shape index (κ2) is 6.84. The Morgan fingerprint density at radius 3 is 2.56 bits per heavy atom. The molecule has 2 aromatic carbocycles. The molecule has 5 heteroatoms. The monoisotopic (exact) mass is 336 g/mol. The van der Waals surface area contributed by atoms with E-state index < -0.39 is 0 Å². The lowest BCUT2D eigenvalue weighted by Crippen LogP contribution is -2.33. The maximum atomic E-state index is 5.30. The second-order valence-electron chi connectivity index (χ2n) is 6.90. The van der Waals surface area contributed by atoms with E-state index in [1.165, 1.54) is 16.3 Å². The van der Waals surface area contributed by atoms with Crippen LogP contribution in [0.2, 0.25) is 0 Å². The lowest BCUT2D eigenvalue weighted by Gasteiger charge is -2.31. The minimum atomic E-state index is 0.535. The van der Waals surface area contributed by atoms with E-state index >= 15 is 0 Å². The smallest absolute Gasteiger partial charge is 0.135 e. The van der Waals surface area contributed by atoms with Gasteiger partial charge >= 0.3 is 0 Å². The number of aromatic nitrogens is 3. The van der Waals surface area contributed by atoms with Crippen molar-refractivity contribution in [1.29, 1.82) is 0 Å². The number of rotatable bonds is 4. The molecule has 0 atom stereocenters. The van der Waals surface area contributed by atoms with Crippen molar-refractivity contribution in [3.63, 3.8) is 0 Å². The molecule has 1 aliphatic heterocycles. The van der Waals surface area contributed by atoms with Crippen LogP contribution < -0.4 is 4.74 Å². The first-order chi connectivity index (χ1) is 12.2. The van der Waals surface area contributed by atoms with Crippen molar-refractivity contribution in [2.45, 2.75) is 25.3 Å². The Balaban J connectivity index is 1.41. The zero-order chi connectivity index (χ0) is 17.2. The minimum Gasteiger partial charge on any atom is -0.497 e. The van der Waals surface area contributed by atoms with Crippen LogP contribution in [0, 0.1) is 0 Å². The molecule has 0 spiro atoms. The number of methoxy groups -OCH3 is 1. The minimum absolute atomic E-state index is 0.535. The average Bonchev–Trinajstić information content (AvgIpc) is 3.08. The molecular weight excluding hydrogens is 312 g/mol. The van der Waals surface area contributed by atoms with Crippen LogP contribution in [0.4, 0.5) is 0 Å². The molecule has 2 heterocycles. The van der Waals surface area contributed by atoms with Crippen molar-refractivity contribution >= 4 is 10.8 Å². The Hall–Kier alpha value is -2.40. The highest BCUT2D eigenvalue weighted by Crippen LogP contribution is 2.28. The maximum Gasteiger partial charge on any atom is 0.135 e. The first kappa shape index (κ1) is 16.1. The van der Waals surface area contributed by atoms with Crippen molar-refractivity contribution in [1.82, 2.24) is 19.7 Å². The van der Waals surface area contributed by atoms with E-state index in [1.807, 2.05) is 13.1 Å². The fraction of sp³-hybridized carbons (Fsp3) is 0.400. The molecule has 130 valence electrons. The number of likely N-dealkylation sites (tertiary alicyclic amines) is 1. The molecule has 3 aromatic rings.